The van der Waals surface area contributed by atoms with Crippen molar-refractivity contribution >= 4 is 21.9 Å². The predicted octanol–water partition coefficient (Wildman–Crippen LogP) is 2.45. The Morgan fingerprint density at radius 2 is 2.41 bits per heavy atom. The van der Waals surface area contributed by atoms with Crippen molar-refractivity contribution in [2.24, 2.45) is 0 Å². The molecule has 5 heteroatoms. The van der Waals surface area contributed by atoms with Crippen LogP contribution in [0, 0.1) is 0 Å². The maximum absolute atomic E-state index is 10.8. The molecule has 1 aliphatic heterocycles. The van der Waals surface area contributed by atoms with Gasteiger partial charge in [-0.2, -0.15) is 0 Å². The highest BCUT2D eigenvalue weighted by atomic mass is 79.9. The molecule has 0 radical (unpaired) electrons. The Hall–Kier alpha value is -0.910. The lowest BCUT2D eigenvalue weighted by Crippen LogP contribution is -2.12. The number of benzene rings is 1. The number of carbonyl (C=O) groups is 1. The second kappa shape index (κ2) is 5.62. The summed E-state index contributed by atoms with van der Waals surface area (Å²) in [5.41, 5.74) is 1.21. The van der Waals surface area contributed by atoms with E-state index in [-0.39, 0.29) is 11.7 Å². The summed E-state index contributed by atoms with van der Waals surface area (Å²) in [7, 11) is 0. The molecule has 1 N–H and O–H groups in total. The third kappa shape index (κ3) is 3.28. The molecule has 1 atom stereocenters. The van der Waals surface area contributed by atoms with Crippen LogP contribution >= 0.6 is 15.9 Å². The van der Waals surface area contributed by atoms with Crippen molar-refractivity contribution in [3.05, 3.63) is 33.8 Å². The van der Waals surface area contributed by atoms with Crippen LogP contribution in [-0.2, 0) is 16.1 Å². The number of hydrogen-bond acceptors (Lipinski definition) is 3. The zero-order chi connectivity index (χ0) is 12.3. The summed E-state index contributed by atoms with van der Waals surface area (Å²) in [5.74, 6) is -0.928. The predicted molar refractivity (Wildman–Crippen MR) is 65.1 cm³/mol. The van der Waals surface area contributed by atoms with Crippen LogP contribution in [0.5, 0.6) is 0 Å². The molecule has 1 saturated heterocycles. The summed E-state index contributed by atoms with van der Waals surface area (Å²) < 4.78 is 11.6. The second-order valence-corrected chi connectivity index (χ2v) is 4.76. The van der Waals surface area contributed by atoms with Crippen molar-refractivity contribution in [2.75, 3.05) is 13.2 Å². The molecule has 0 aromatic heterocycles. The monoisotopic (exact) mass is 300 g/mol. The molecule has 4 nitrogen and oxygen atoms in total. The molecule has 1 fully saturated rings. The van der Waals surface area contributed by atoms with Crippen LogP contribution in [0.1, 0.15) is 22.3 Å². The summed E-state index contributed by atoms with van der Waals surface area (Å²) in [6.45, 7) is 1.86. The number of carboxylic acids is 1. The van der Waals surface area contributed by atoms with Gasteiger partial charge in [-0.15, -0.1) is 0 Å². The lowest BCUT2D eigenvalue weighted by Gasteiger charge is -2.11. The smallest absolute Gasteiger partial charge is 0.335 e. The summed E-state index contributed by atoms with van der Waals surface area (Å²) >= 11 is 3.35. The largest absolute Gasteiger partial charge is 0.478 e. The van der Waals surface area contributed by atoms with E-state index in [9.17, 15) is 4.79 Å². The molecule has 17 heavy (non-hydrogen) atoms. The topological polar surface area (TPSA) is 55.8 Å². The number of hydrogen-bond donors (Lipinski definition) is 1. The molecular weight excluding hydrogens is 288 g/mol. The molecule has 1 aliphatic rings. The first-order chi connectivity index (χ1) is 8.16. The van der Waals surface area contributed by atoms with Crippen LogP contribution in [0.4, 0.5) is 0 Å². The molecule has 2 rings (SSSR count). The van der Waals surface area contributed by atoms with E-state index in [1.807, 2.05) is 0 Å². The van der Waals surface area contributed by atoms with E-state index in [0.29, 0.717) is 13.2 Å². The van der Waals surface area contributed by atoms with Gasteiger partial charge in [-0.05, 0) is 24.1 Å². The Morgan fingerprint density at radius 3 is 3.00 bits per heavy atom. The van der Waals surface area contributed by atoms with E-state index < -0.39 is 5.97 Å². The first-order valence-electron chi connectivity index (χ1n) is 5.38. The van der Waals surface area contributed by atoms with Crippen molar-refractivity contribution < 1.29 is 19.4 Å². The van der Waals surface area contributed by atoms with Gasteiger partial charge in [-0.1, -0.05) is 22.0 Å². The van der Waals surface area contributed by atoms with Gasteiger partial charge >= 0.3 is 5.97 Å². The standard InChI is InChI=1S/C12H13BrO4/c13-11-5-8(12(14)15)1-2-9(11)6-17-10-3-4-16-7-10/h1-2,5,10H,3-4,6-7H2,(H,14,15). The zero-order valence-electron chi connectivity index (χ0n) is 9.19. The van der Waals surface area contributed by atoms with E-state index in [1.54, 1.807) is 18.2 Å². The fraction of sp³-hybridized carbons (Fsp3) is 0.417. The van der Waals surface area contributed by atoms with Crippen molar-refractivity contribution in [2.45, 2.75) is 19.1 Å². The Morgan fingerprint density at radius 1 is 1.59 bits per heavy atom. The molecule has 0 saturated carbocycles. The summed E-state index contributed by atoms with van der Waals surface area (Å²) in [4.78, 5) is 10.8. The van der Waals surface area contributed by atoms with Gasteiger partial charge in [-0.3, -0.25) is 0 Å². The van der Waals surface area contributed by atoms with Crippen molar-refractivity contribution in [3.63, 3.8) is 0 Å². The molecular formula is C12H13BrO4. The normalized spacial score (nSPS) is 19.5. The summed E-state index contributed by atoms with van der Waals surface area (Å²) in [6.07, 6.45) is 1.08. The molecule has 1 aromatic carbocycles. The maximum atomic E-state index is 10.8. The van der Waals surface area contributed by atoms with Crippen molar-refractivity contribution in [3.8, 4) is 0 Å². The van der Waals surface area contributed by atoms with Crippen LogP contribution in [0.15, 0.2) is 22.7 Å². The Kier molecular flexibility index (Phi) is 4.15. The van der Waals surface area contributed by atoms with Gasteiger partial charge in [0.1, 0.15) is 0 Å². The average Bonchev–Trinajstić information content (AvgIpc) is 2.80. The molecule has 1 unspecified atom stereocenters. The molecule has 0 aliphatic carbocycles. The summed E-state index contributed by atoms with van der Waals surface area (Å²) in [5, 5.41) is 8.83. The van der Waals surface area contributed by atoms with E-state index in [1.165, 1.54) is 0 Å². The minimum atomic E-state index is -0.928. The van der Waals surface area contributed by atoms with E-state index in [2.05, 4.69) is 15.9 Å². The number of ether oxygens (including phenoxy) is 2. The van der Waals surface area contributed by atoms with E-state index in [4.69, 9.17) is 14.6 Å². The minimum Gasteiger partial charge on any atom is -0.478 e. The van der Waals surface area contributed by atoms with Crippen LogP contribution in [-0.4, -0.2) is 30.4 Å². The van der Waals surface area contributed by atoms with Gasteiger partial charge in [0.25, 0.3) is 0 Å². The lowest BCUT2D eigenvalue weighted by atomic mass is 10.1. The summed E-state index contributed by atoms with van der Waals surface area (Å²) in [6, 6.07) is 4.94. The number of halogens is 1. The number of rotatable bonds is 4. The molecule has 0 amide bonds. The van der Waals surface area contributed by atoms with Crippen molar-refractivity contribution in [1.29, 1.82) is 0 Å². The SMILES string of the molecule is O=C(O)c1ccc(COC2CCOC2)c(Br)c1. The van der Waals surface area contributed by atoms with Gasteiger partial charge in [0.2, 0.25) is 0 Å². The zero-order valence-corrected chi connectivity index (χ0v) is 10.8. The Balaban J connectivity index is 1.98. The average molecular weight is 301 g/mol. The molecule has 92 valence electrons. The Labute approximate surface area is 108 Å². The second-order valence-electron chi connectivity index (χ2n) is 3.91. The van der Waals surface area contributed by atoms with E-state index in [0.717, 1.165) is 23.1 Å². The first-order valence-corrected chi connectivity index (χ1v) is 6.17. The molecule has 1 aromatic rings. The number of carboxylic acid groups (broad SMARTS) is 1. The minimum absolute atomic E-state index is 0.154. The van der Waals surface area contributed by atoms with Crippen LogP contribution in [0.2, 0.25) is 0 Å². The number of aromatic carboxylic acids is 1. The lowest BCUT2D eigenvalue weighted by molar-refractivity contribution is 0.0315. The molecule has 1 heterocycles. The third-order valence-electron chi connectivity index (χ3n) is 2.66. The fourth-order valence-electron chi connectivity index (χ4n) is 1.65. The van der Waals surface area contributed by atoms with Gasteiger partial charge in [0.05, 0.1) is 24.9 Å². The third-order valence-corrected chi connectivity index (χ3v) is 3.40. The quantitative estimate of drug-likeness (QED) is 0.928. The van der Waals surface area contributed by atoms with Crippen molar-refractivity contribution in [1.82, 2.24) is 0 Å². The Bertz CT molecular complexity index is 413. The van der Waals surface area contributed by atoms with E-state index >= 15 is 0 Å². The highest BCUT2D eigenvalue weighted by Crippen LogP contribution is 2.21. The van der Waals surface area contributed by atoms with Gasteiger partial charge < -0.3 is 14.6 Å². The van der Waals surface area contributed by atoms with Gasteiger partial charge in [-0.25, -0.2) is 4.79 Å². The van der Waals surface area contributed by atoms with Gasteiger partial charge in [0.15, 0.2) is 0 Å². The first kappa shape index (κ1) is 12.5. The van der Waals surface area contributed by atoms with Crippen LogP contribution in [0.3, 0.4) is 0 Å². The maximum Gasteiger partial charge on any atom is 0.335 e. The fourth-order valence-corrected chi connectivity index (χ4v) is 2.14. The van der Waals surface area contributed by atoms with Crippen LogP contribution < -0.4 is 0 Å². The molecule has 0 spiro atoms. The van der Waals surface area contributed by atoms with Crippen LogP contribution in [0.25, 0.3) is 0 Å². The highest BCUT2D eigenvalue weighted by molar-refractivity contribution is 9.10. The molecule has 0 bridgehead atoms. The van der Waals surface area contributed by atoms with Gasteiger partial charge in [0, 0.05) is 11.1 Å². The highest BCUT2D eigenvalue weighted by Gasteiger charge is 2.16.